The highest BCUT2D eigenvalue weighted by molar-refractivity contribution is 7.99. The minimum absolute atomic E-state index is 0.493. The molecule has 0 spiro atoms. The van der Waals surface area contributed by atoms with Gasteiger partial charge in [-0.3, -0.25) is 4.90 Å². The van der Waals surface area contributed by atoms with Gasteiger partial charge in [-0.25, -0.2) is 0 Å². The Balaban J connectivity index is 1.54. The first-order valence-corrected chi connectivity index (χ1v) is 8.61. The van der Waals surface area contributed by atoms with Crippen LogP contribution in [0.15, 0.2) is 0 Å². The standard InChI is InChI=1S/C12H20N4S2/c1-9(2)11-13-14-12(18-11)16-7-10(8-16)15-3-5-17-6-4-15/h9-10H,3-8H2,1-2H3. The van der Waals surface area contributed by atoms with E-state index in [1.54, 1.807) is 11.3 Å². The lowest BCUT2D eigenvalue weighted by Crippen LogP contribution is -2.61. The van der Waals surface area contributed by atoms with Gasteiger partial charge in [-0.1, -0.05) is 25.2 Å². The van der Waals surface area contributed by atoms with Gasteiger partial charge in [-0.2, -0.15) is 11.8 Å². The van der Waals surface area contributed by atoms with Crippen LogP contribution in [0, 0.1) is 0 Å². The average Bonchev–Trinajstić information content (AvgIpc) is 2.78. The second-order valence-corrected chi connectivity index (χ2v) is 7.50. The van der Waals surface area contributed by atoms with Crippen LogP contribution in [0.1, 0.15) is 24.8 Å². The molecule has 0 N–H and O–H groups in total. The van der Waals surface area contributed by atoms with Gasteiger partial charge in [-0.15, -0.1) is 10.2 Å². The minimum atomic E-state index is 0.493. The predicted octanol–water partition coefficient (Wildman–Crippen LogP) is 1.90. The highest BCUT2D eigenvalue weighted by Gasteiger charge is 2.34. The van der Waals surface area contributed by atoms with Crippen molar-refractivity contribution in [2.75, 3.05) is 42.6 Å². The van der Waals surface area contributed by atoms with E-state index in [9.17, 15) is 0 Å². The first-order chi connectivity index (χ1) is 8.74. The molecule has 0 amide bonds. The molecule has 2 fully saturated rings. The maximum absolute atomic E-state index is 4.31. The third-order valence-corrected chi connectivity index (χ3v) is 5.85. The molecule has 0 atom stereocenters. The fraction of sp³-hybridized carbons (Fsp3) is 0.833. The number of nitrogens with zero attached hydrogens (tertiary/aromatic N) is 4. The Kier molecular flexibility index (Phi) is 3.77. The van der Waals surface area contributed by atoms with Gasteiger partial charge < -0.3 is 4.90 Å². The summed E-state index contributed by atoms with van der Waals surface area (Å²) in [4.78, 5) is 5.01. The lowest BCUT2D eigenvalue weighted by atomic mass is 10.1. The van der Waals surface area contributed by atoms with Crippen molar-refractivity contribution in [2.24, 2.45) is 0 Å². The summed E-state index contributed by atoms with van der Waals surface area (Å²) >= 11 is 3.83. The normalized spacial score (nSPS) is 22.5. The number of thioether (sulfide) groups is 1. The Morgan fingerprint density at radius 1 is 1.17 bits per heavy atom. The van der Waals surface area contributed by atoms with E-state index in [4.69, 9.17) is 0 Å². The van der Waals surface area contributed by atoms with Crippen molar-refractivity contribution < 1.29 is 0 Å². The molecule has 4 nitrogen and oxygen atoms in total. The highest BCUT2D eigenvalue weighted by Crippen LogP contribution is 2.30. The molecule has 0 saturated carbocycles. The van der Waals surface area contributed by atoms with E-state index >= 15 is 0 Å². The molecule has 0 bridgehead atoms. The van der Waals surface area contributed by atoms with Gasteiger partial charge >= 0.3 is 0 Å². The van der Waals surface area contributed by atoms with Crippen LogP contribution in [0.4, 0.5) is 5.13 Å². The number of rotatable bonds is 3. The van der Waals surface area contributed by atoms with Gasteiger partial charge in [0.25, 0.3) is 0 Å². The lowest BCUT2D eigenvalue weighted by molar-refractivity contribution is 0.183. The van der Waals surface area contributed by atoms with Crippen LogP contribution >= 0.6 is 23.1 Å². The number of hydrogen-bond donors (Lipinski definition) is 0. The first-order valence-electron chi connectivity index (χ1n) is 6.64. The van der Waals surface area contributed by atoms with Gasteiger partial charge in [0.2, 0.25) is 5.13 Å². The van der Waals surface area contributed by atoms with Crippen LogP contribution in [-0.4, -0.2) is 58.8 Å². The zero-order valence-corrected chi connectivity index (χ0v) is 12.6. The largest absolute Gasteiger partial charge is 0.343 e. The zero-order chi connectivity index (χ0) is 12.5. The quantitative estimate of drug-likeness (QED) is 0.846. The summed E-state index contributed by atoms with van der Waals surface area (Å²) in [5, 5.41) is 10.8. The van der Waals surface area contributed by atoms with Gasteiger partial charge in [0.15, 0.2) is 0 Å². The number of anilines is 1. The summed E-state index contributed by atoms with van der Waals surface area (Å²) in [6, 6.07) is 0.747. The van der Waals surface area contributed by atoms with Crippen LogP contribution in [0.5, 0.6) is 0 Å². The van der Waals surface area contributed by atoms with Crippen molar-refractivity contribution in [2.45, 2.75) is 25.8 Å². The van der Waals surface area contributed by atoms with Gasteiger partial charge in [-0.05, 0) is 0 Å². The Morgan fingerprint density at radius 2 is 1.89 bits per heavy atom. The average molecular weight is 284 g/mol. The Labute approximate surface area is 117 Å². The summed E-state index contributed by atoms with van der Waals surface area (Å²) in [5.41, 5.74) is 0. The minimum Gasteiger partial charge on any atom is -0.343 e. The van der Waals surface area contributed by atoms with E-state index in [1.807, 2.05) is 0 Å². The third kappa shape index (κ3) is 2.51. The van der Waals surface area contributed by atoms with E-state index in [1.165, 1.54) is 24.6 Å². The van der Waals surface area contributed by atoms with Crippen molar-refractivity contribution in [1.82, 2.24) is 15.1 Å². The lowest BCUT2D eigenvalue weighted by Gasteiger charge is -2.46. The van der Waals surface area contributed by atoms with Crippen LogP contribution in [0.2, 0.25) is 0 Å². The van der Waals surface area contributed by atoms with Crippen molar-refractivity contribution in [3.63, 3.8) is 0 Å². The molecular formula is C12H20N4S2. The molecule has 3 heterocycles. The van der Waals surface area contributed by atoms with Crippen LogP contribution in [-0.2, 0) is 0 Å². The van der Waals surface area contributed by atoms with Crippen LogP contribution in [0.3, 0.4) is 0 Å². The van der Waals surface area contributed by atoms with Gasteiger partial charge in [0, 0.05) is 49.6 Å². The maximum atomic E-state index is 4.31. The Morgan fingerprint density at radius 3 is 2.50 bits per heavy atom. The van der Waals surface area contributed by atoms with E-state index in [0.717, 1.165) is 29.3 Å². The Hall–Kier alpha value is -0.330. The SMILES string of the molecule is CC(C)c1nnc(N2CC(N3CCSCC3)C2)s1. The molecule has 1 aromatic heterocycles. The fourth-order valence-corrected chi connectivity index (χ4v) is 4.17. The van der Waals surface area contributed by atoms with E-state index in [0.29, 0.717) is 5.92 Å². The van der Waals surface area contributed by atoms with Crippen molar-refractivity contribution in [1.29, 1.82) is 0 Å². The molecule has 3 rings (SSSR count). The molecule has 2 aliphatic rings. The molecule has 2 aliphatic heterocycles. The predicted molar refractivity (Wildman–Crippen MR) is 78.9 cm³/mol. The summed E-state index contributed by atoms with van der Waals surface area (Å²) in [7, 11) is 0. The fourth-order valence-electron chi connectivity index (χ4n) is 2.37. The molecule has 6 heteroatoms. The van der Waals surface area contributed by atoms with Crippen LogP contribution in [0.25, 0.3) is 0 Å². The van der Waals surface area contributed by atoms with Crippen LogP contribution < -0.4 is 4.90 Å². The monoisotopic (exact) mass is 284 g/mol. The molecular weight excluding hydrogens is 264 g/mol. The van der Waals surface area contributed by atoms with Crippen molar-refractivity contribution >= 4 is 28.2 Å². The molecule has 0 aromatic carbocycles. The molecule has 0 unspecified atom stereocenters. The zero-order valence-electron chi connectivity index (χ0n) is 11.0. The van der Waals surface area contributed by atoms with E-state index in [-0.39, 0.29) is 0 Å². The summed E-state index contributed by atoms with van der Waals surface area (Å²) in [5.74, 6) is 3.09. The summed E-state index contributed by atoms with van der Waals surface area (Å²) in [6.45, 7) is 9.14. The molecule has 18 heavy (non-hydrogen) atoms. The molecule has 1 aromatic rings. The van der Waals surface area contributed by atoms with Crippen molar-refractivity contribution in [3.05, 3.63) is 5.01 Å². The first kappa shape index (κ1) is 12.7. The third-order valence-electron chi connectivity index (χ3n) is 3.62. The molecule has 0 radical (unpaired) electrons. The van der Waals surface area contributed by atoms with Crippen molar-refractivity contribution in [3.8, 4) is 0 Å². The van der Waals surface area contributed by atoms with E-state index < -0.39 is 0 Å². The van der Waals surface area contributed by atoms with Gasteiger partial charge in [0.05, 0.1) is 0 Å². The summed E-state index contributed by atoms with van der Waals surface area (Å²) < 4.78 is 0. The Bertz CT molecular complexity index is 395. The van der Waals surface area contributed by atoms with E-state index in [2.05, 4.69) is 45.6 Å². The highest BCUT2D eigenvalue weighted by atomic mass is 32.2. The number of aromatic nitrogens is 2. The maximum Gasteiger partial charge on any atom is 0.208 e. The molecule has 100 valence electrons. The molecule has 0 aliphatic carbocycles. The topological polar surface area (TPSA) is 32.3 Å². The molecule has 2 saturated heterocycles. The second-order valence-electron chi connectivity index (χ2n) is 5.28. The second kappa shape index (κ2) is 5.35. The summed E-state index contributed by atoms with van der Waals surface area (Å²) in [6.07, 6.45) is 0. The smallest absolute Gasteiger partial charge is 0.208 e. The van der Waals surface area contributed by atoms with Gasteiger partial charge in [0.1, 0.15) is 5.01 Å². The number of hydrogen-bond acceptors (Lipinski definition) is 6.